The van der Waals surface area contributed by atoms with Crippen molar-refractivity contribution < 1.29 is 19.3 Å². The third-order valence-corrected chi connectivity index (χ3v) is 3.06. The minimum Gasteiger partial charge on any atom is -0.396 e. The van der Waals surface area contributed by atoms with Gasteiger partial charge in [-0.1, -0.05) is 0 Å². The summed E-state index contributed by atoms with van der Waals surface area (Å²) in [5.41, 5.74) is 6.53. The molecule has 7 heteroatoms. The van der Waals surface area contributed by atoms with Crippen molar-refractivity contribution in [3.63, 3.8) is 0 Å². The lowest BCUT2D eigenvalue weighted by Crippen LogP contribution is -2.19. The van der Waals surface area contributed by atoms with Gasteiger partial charge in [0.05, 0.1) is 46.2 Å². The lowest BCUT2D eigenvalue weighted by atomic mass is 10.1. The Labute approximate surface area is 132 Å². The van der Waals surface area contributed by atoms with Crippen molar-refractivity contribution in [3.8, 4) is 0 Å². The predicted molar refractivity (Wildman–Crippen MR) is 85.7 cm³/mol. The Hall–Kier alpha value is -0.990. The number of nitrogens with two attached hydrogens (primary N) is 1. The van der Waals surface area contributed by atoms with Crippen molar-refractivity contribution in [1.82, 2.24) is 5.01 Å². The number of rotatable bonds is 13. The van der Waals surface area contributed by atoms with Crippen LogP contribution in [0, 0.1) is 0 Å². The molecule has 0 radical (unpaired) electrons. The van der Waals surface area contributed by atoms with Crippen LogP contribution in [0.4, 0.5) is 0 Å². The van der Waals surface area contributed by atoms with Gasteiger partial charge in [-0.2, -0.15) is 5.10 Å². The fourth-order valence-electron chi connectivity index (χ4n) is 1.96. The number of hydrazone groups is 1. The highest BCUT2D eigenvalue weighted by molar-refractivity contribution is 5.57. The Morgan fingerprint density at radius 1 is 1.09 bits per heavy atom. The van der Waals surface area contributed by atoms with Crippen LogP contribution in [0.5, 0.6) is 0 Å². The monoisotopic (exact) mass is 315 g/mol. The zero-order chi connectivity index (χ0) is 15.9. The van der Waals surface area contributed by atoms with E-state index in [-0.39, 0.29) is 6.61 Å². The van der Waals surface area contributed by atoms with Gasteiger partial charge < -0.3 is 25.1 Å². The first-order valence-electron chi connectivity index (χ1n) is 7.89. The van der Waals surface area contributed by atoms with Gasteiger partial charge >= 0.3 is 0 Å². The molecular weight excluding hydrogens is 286 g/mol. The quantitative estimate of drug-likeness (QED) is 0.477. The van der Waals surface area contributed by atoms with Gasteiger partial charge in [0.1, 0.15) is 0 Å². The van der Waals surface area contributed by atoms with Gasteiger partial charge in [-0.25, -0.2) is 0 Å². The third kappa shape index (κ3) is 9.86. The minimum absolute atomic E-state index is 0.183. The molecule has 7 nitrogen and oxygen atoms in total. The van der Waals surface area contributed by atoms with Crippen molar-refractivity contribution in [1.29, 1.82) is 0 Å². The van der Waals surface area contributed by atoms with E-state index in [0.29, 0.717) is 59.2 Å². The largest absolute Gasteiger partial charge is 0.396 e. The van der Waals surface area contributed by atoms with Crippen molar-refractivity contribution in [2.24, 2.45) is 10.8 Å². The first-order chi connectivity index (χ1) is 10.9. The topological polar surface area (TPSA) is 89.5 Å². The number of hydrogen-bond donors (Lipinski definition) is 2. The molecule has 0 unspecified atom stereocenters. The molecule has 3 N–H and O–H groups in total. The molecule has 1 aliphatic heterocycles. The number of aliphatic hydroxyl groups excluding tert-OH is 1. The average Bonchev–Trinajstić information content (AvgIpc) is 2.75. The summed E-state index contributed by atoms with van der Waals surface area (Å²) in [6, 6.07) is 0. The van der Waals surface area contributed by atoms with Gasteiger partial charge in [-0.3, -0.25) is 5.01 Å². The molecule has 0 bridgehead atoms. The summed E-state index contributed by atoms with van der Waals surface area (Å²) < 4.78 is 16.1. The smallest absolute Gasteiger partial charge is 0.0701 e. The van der Waals surface area contributed by atoms with E-state index in [2.05, 4.69) is 5.10 Å². The van der Waals surface area contributed by atoms with E-state index < -0.39 is 0 Å². The van der Waals surface area contributed by atoms with Crippen molar-refractivity contribution >= 4 is 6.21 Å². The maximum absolute atomic E-state index is 9.01. The summed E-state index contributed by atoms with van der Waals surface area (Å²) in [7, 11) is 0. The standard InChI is InChI=1S/C15H29N3O4/c16-4-8-20-10-12-22-13-11-21-9-6-18-14-15(3-7-19)2-1-5-17-18/h5,14,19H,1-4,6-13,16H2. The summed E-state index contributed by atoms with van der Waals surface area (Å²) in [5, 5.41) is 15.2. The van der Waals surface area contributed by atoms with Crippen LogP contribution in [0.2, 0.25) is 0 Å². The van der Waals surface area contributed by atoms with Crippen LogP contribution < -0.4 is 5.73 Å². The molecule has 0 spiro atoms. The van der Waals surface area contributed by atoms with E-state index in [9.17, 15) is 0 Å². The van der Waals surface area contributed by atoms with Crippen LogP contribution in [0.3, 0.4) is 0 Å². The summed E-state index contributed by atoms with van der Waals surface area (Å²) in [6.45, 7) is 4.83. The number of ether oxygens (including phenoxy) is 3. The third-order valence-electron chi connectivity index (χ3n) is 3.06. The molecule has 0 aromatic carbocycles. The van der Waals surface area contributed by atoms with E-state index in [1.165, 1.54) is 5.57 Å². The van der Waals surface area contributed by atoms with Crippen molar-refractivity contribution in [2.75, 3.05) is 59.3 Å². The van der Waals surface area contributed by atoms with E-state index in [4.69, 9.17) is 25.1 Å². The van der Waals surface area contributed by atoms with Gasteiger partial charge in [-0.05, 0) is 24.8 Å². The van der Waals surface area contributed by atoms with E-state index in [1.54, 1.807) is 0 Å². The molecule has 0 saturated heterocycles. The molecule has 0 saturated carbocycles. The zero-order valence-corrected chi connectivity index (χ0v) is 13.3. The Balaban J connectivity index is 2.00. The first-order valence-corrected chi connectivity index (χ1v) is 7.89. The molecule has 1 aliphatic rings. The normalized spacial score (nSPS) is 15.0. The second-order valence-corrected chi connectivity index (χ2v) is 4.89. The summed E-state index contributed by atoms with van der Waals surface area (Å²) in [6.07, 6.45) is 6.51. The summed E-state index contributed by atoms with van der Waals surface area (Å²) in [4.78, 5) is 0. The highest BCUT2D eigenvalue weighted by Gasteiger charge is 2.05. The molecule has 128 valence electrons. The van der Waals surface area contributed by atoms with E-state index in [1.807, 2.05) is 17.4 Å². The molecule has 1 rings (SSSR count). The lowest BCUT2D eigenvalue weighted by Gasteiger charge is -2.15. The van der Waals surface area contributed by atoms with Crippen LogP contribution in [-0.2, 0) is 14.2 Å². The Kier molecular flexibility index (Phi) is 11.8. The maximum atomic E-state index is 9.01. The minimum atomic E-state index is 0.183. The molecule has 0 amide bonds. The summed E-state index contributed by atoms with van der Waals surface area (Å²) >= 11 is 0. The Morgan fingerprint density at radius 2 is 1.77 bits per heavy atom. The van der Waals surface area contributed by atoms with Crippen LogP contribution in [0.15, 0.2) is 16.9 Å². The Morgan fingerprint density at radius 3 is 2.45 bits per heavy atom. The SMILES string of the molecule is NCCOCCOCCOCCN1C=C(CCO)CCC=N1. The molecule has 0 fully saturated rings. The molecule has 0 aromatic heterocycles. The van der Waals surface area contributed by atoms with E-state index >= 15 is 0 Å². The van der Waals surface area contributed by atoms with Gasteiger partial charge in [0.25, 0.3) is 0 Å². The fourth-order valence-corrected chi connectivity index (χ4v) is 1.96. The average molecular weight is 315 g/mol. The van der Waals surface area contributed by atoms with Crippen LogP contribution in [-0.4, -0.2) is 75.7 Å². The van der Waals surface area contributed by atoms with Gasteiger partial charge in [-0.15, -0.1) is 0 Å². The number of hydrogen-bond acceptors (Lipinski definition) is 7. The molecule has 22 heavy (non-hydrogen) atoms. The molecule has 0 aliphatic carbocycles. The highest BCUT2D eigenvalue weighted by atomic mass is 16.5. The van der Waals surface area contributed by atoms with Gasteiger partial charge in [0.15, 0.2) is 0 Å². The van der Waals surface area contributed by atoms with Gasteiger partial charge in [0.2, 0.25) is 0 Å². The maximum Gasteiger partial charge on any atom is 0.0701 e. The fraction of sp³-hybridized carbons (Fsp3) is 0.800. The zero-order valence-electron chi connectivity index (χ0n) is 13.3. The van der Waals surface area contributed by atoms with E-state index in [0.717, 1.165) is 12.8 Å². The highest BCUT2D eigenvalue weighted by Crippen LogP contribution is 2.13. The summed E-state index contributed by atoms with van der Waals surface area (Å²) in [5.74, 6) is 0. The molecule has 0 aromatic rings. The number of nitrogens with zero attached hydrogens (tertiary/aromatic N) is 2. The Bertz CT molecular complexity index is 324. The second kappa shape index (κ2) is 13.7. The van der Waals surface area contributed by atoms with Crippen molar-refractivity contribution in [2.45, 2.75) is 19.3 Å². The lowest BCUT2D eigenvalue weighted by molar-refractivity contribution is 0.0137. The first kappa shape index (κ1) is 19.1. The molecular formula is C15H29N3O4. The molecule has 0 atom stereocenters. The van der Waals surface area contributed by atoms with Crippen molar-refractivity contribution in [3.05, 3.63) is 11.8 Å². The van der Waals surface area contributed by atoms with Crippen LogP contribution in [0.25, 0.3) is 0 Å². The predicted octanol–water partition coefficient (Wildman–Crippen LogP) is 0.343. The number of aliphatic hydroxyl groups is 1. The molecule has 1 heterocycles. The second-order valence-electron chi connectivity index (χ2n) is 4.89. The van der Waals surface area contributed by atoms with Gasteiger partial charge in [0, 0.05) is 25.6 Å². The van der Waals surface area contributed by atoms with Crippen LogP contribution in [0.1, 0.15) is 19.3 Å². The van der Waals surface area contributed by atoms with Crippen LogP contribution >= 0.6 is 0 Å².